The van der Waals surface area contributed by atoms with E-state index in [4.69, 9.17) is 9.47 Å². The number of benzene rings is 1. The molecule has 1 fully saturated rings. The molecule has 2 aliphatic heterocycles. The van der Waals surface area contributed by atoms with Crippen molar-refractivity contribution in [3.05, 3.63) is 23.8 Å². The van der Waals surface area contributed by atoms with Gasteiger partial charge in [-0.3, -0.25) is 4.90 Å². The molecule has 1 aromatic carbocycles. The van der Waals surface area contributed by atoms with Gasteiger partial charge < -0.3 is 14.8 Å². The second-order valence-electron chi connectivity index (χ2n) is 4.71. The van der Waals surface area contributed by atoms with Gasteiger partial charge in [0.25, 0.3) is 0 Å². The summed E-state index contributed by atoms with van der Waals surface area (Å²) in [6.07, 6.45) is 0. The molecule has 0 aromatic heterocycles. The molecule has 2 aliphatic rings. The smallest absolute Gasteiger partial charge is 0.231 e. The summed E-state index contributed by atoms with van der Waals surface area (Å²) in [6.45, 7) is 6.86. The molecule has 0 saturated carbocycles. The zero-order valence-corrected chi connectivity index (χ0v) is 11.3. The van der Waals surface area contributed by atoms with Gasteiger partial charge in [-0.2, -0.15) is 0 Å². The van der Waals surface area contributed by atoms with Crippen LogP contribution in [0.15, 0.2) is 18.2 Å². The Hall–Kier alpha value is -0.970. The van der Waals surface area contributed by atoms with Crippen molar-refractivity contribution in [3.63, 3.8) is 0 Å². The molecule has 0 bridgehead atoms. The number of fused-ring (bicyclic) bond motifs is 1. The second-order valence-corrected chi connectivity index (χ2v) is 4.71. The second kappa shape index (κ2) is 5.78. The van der Waals surface area contributed by atoms with E-state index in [0.717, 1.165) is 37.7 Å². The predicted molar refractivity (Wildman–Crippen MR) is 72.6 cm³/mol. The Morgan fingerprint density at radius 3 is 3.00 bits per heavy atom. The Morgan fingerprint density at radius 2 is 2.17 bits per heavy atom. The molecule has 3 rings (SSSR count). The highest BCUT2D eigenvalue weighted by atomic mass is 35.5. The van der Waals surface area contributed by atoms with Gasteiger partial charge >= 0.3 is 0 Å². The van der Waals surface area contributed by atoms with Crippen molar-refractivity contribution in [1.82, 2.24) is 10.2 Å². The van der Waals surface area contributed by atoms with E-state index in [9.17, 15) is 0 Å². The van der Waals surface area contributed by atoms with Crippen LogP contribution >= 0.6 is 12.4 Å². The Morgan fingerprint density at radius 1 is 1.33 bits per heavy atom. The number of nitrogens with one attached hydrogen (secondary N) is 1. The van der Waals surface area contributed by atoms with Crippen molar-refractivity contribution in [1.29, 1.82) is 0 Å². The molecular weight excluding hydrogens is 252 g/mol. The molecule has 0 amide bonds. The van der Waals surface area contributed by atoms with Crippen LogP contribution in [0.25, 0.3) is 0 Å². The van der Waals surface area contributed by atoms with Gasteiger partial charge in [0.2, 0.25) is 6.79 Å². The lowest BCUT2D eigenvalue weighted by Gasteiger charge is -2.33. The average Bonchev–Trinajstić information content (AvgIpc) is 2.79. The predicted octanol–water partition coefficient (Wildman–Crippen LogP) is 1.63. The molecule has 0 spiro atoms. The maximum absolute atomic E-state index is 5.40. The van der Waals surface area contributed by atoms with Crippen LogP contribution in [-0.2, 0) is 6.54 Å². The summed E-state index contributed by atoms with van der Waals surface area (Å²) < 4.78 is 10.7. The quantitative estimate of drug-likeness (QED) is 0.886. The zero-order valence-electron chi connectivity index (χ0n) is 10.5. The van der Waals surface area contributed by atoms with Gasteiger partial charge in [0.1, 0.15) is 0 Å². The molecule has 18 heavy (non-hydrogen) atoms. The average molecular weight is 271 g/mol. The van der Waals surface area contributed by atoms with E-state index in [1.54, 1.807) is 0 Å². The highest BCUT2D eigenvalue weighted by molar-refractivity contribution is 5.85. The molecule has 0 radical (unpaired) electrons. The fourth-order valence-electron chi connectivity index (χ4n) is 2.39. The molecule has 0 aliphatic carbocycles. The van der Waals surface area contributed by atoms with Gasteiger partial charge in [0, 0.05) is 32.2 Å². The minimum Gasteiger partial charge on any atom is -0.454 e. The summed E-state index contributed by atoms with van der Waals surface area (Å²) in [7, 11) is 0. The molecule has 2 heterocycles. The first-order valence-corrected chi connectivity index (χ1v) is 6.16. The number of halogens is 1. The third kappa shape index (κ3) is 2.71. The summed E-state index contributed by atoms with van der Waals surface area (Å²) in [6, 6.07) is 6.82. The van der Waals surface area contributed by atoms with Crippen molar-refractivity contribution in [2.24, 2.45) is 0 Å². The SMILES string of the molecule is CC1CNCCN1Cc1ccc2c(c1)OCO2.Cl. The molecule has 1 aromatic rings. The lowest BCUT2D eigenvalue weighted by molar-refractivity contribution is 0.165. The summed E-state index contributed by atoms with van der Waals surface area (Å²) in [5.74, 6) is 1.74. The van der Waals surface area contributed by atoms with Crippen LogP contribution in [-0.4, -0.2) is 37.4 Å². The van der Waals surface area contributed by atoms with Crippen LogP contribution in [0.1, 0.15) is 12.5 Å². The fraction of sp³-hybridized carbons (Fsp3) is 0.538. The topological polar surface area (TPSA) is 33.7 Å². The molecule has 1 unspecified atom stereocenters. The summed E-state index contributed by atoms with van der Waals surface area (Å²) in [5.41, 5.74) is 1.29. The largest absolute Gasteiger partial charge is 0.454 e. The van der Waals surface area contributed by atoms with Crippen LogP contribution in [0.2, 0.25) is 0 Å². The van der Waals surface area contributed by atoms with Gasteiger partial charge in [0.15, 0.2) is 11.5 Å². The van der Waals surface area contributed by atoms with Crippen LogP contribution in [0.3, 0.4) is 0 Å². The number of nitrogens with zero attached hydrogens (tertiary/aromatic N) is 1. The first-order chi connectivity index (χ1) is 8.33. The van der Waals surface area contributed by atoms with Gasteiger partial charge in [0.05, 0.1) is 0 Å². The van der Waals surface area contributed by atoms with Crippen LogP contribution in [0.4, 0.5) is 0 Å². The lowest BCUT2D eigenvalue weighted by Crippen LogP contribution is -2.49. The van der Waals surface area contributed by atoms with Crippen molar-refractivity contribution in [2.45, 2.75) is 19.5 Å². The Balaban J connectivity index is 0.00000120. The minimum atomic E-state index is 0. The fourth-order valence-corrected chi connectivity index (χ4v) is 2.39. The highest BCUT2D eigenvalue weighted by Crippen LogP contribution is 2.32. The molecule has 1 atom stereocenters. The standard InChI is InChI=1S/C13H18N2O2.ClH/c1-10-7-14-4-5-15(10)8-11-2-3-12-13(6-11)17-9-16-12;/h2-3,6,10,14H,4-5,7-9H2,1H3;1H. The van der Waals surface area contributed by atoms with Crippen molar-refractivity contribution in [3.8, 4) is 11.5 Å². The van der Waals surface area contributed by atoms with E-state index in [1.165, 1.54) is 5.56 Å². The normalized spacial score (nSPS) is 22.6. The van der Waals surface area contributed by atoms with Crippen LogP contribution in [0.5, 0.6) is 11.5 Å². The number of piperazine rings is 1. The van der Waals surface area contributed by atoms with E-state index >= 15 is 0 Å². The van der Waals surface area contributed by atoms with Gasteiger partial charge in [-0.25, -0.2) is 0 Å². The van der Waals surface area contributed by atoms with Gasteiger partial charge in [-0.15, -0.1) is 12.4 Å². The van der Waals surface area contributed by atoms with E-state index in [0.29, 0.717) is 12.8 Å². The van der Waals surface area contributed by atoms with Crippen LogP contribution < -0.4 is 14.8 Å². The summed E-state index contributed by atoms with van der Waals surface area (Å²) >= 11 is 0. The zero-order chi connectivity index (χ0) is 11.7. The van der Waals surface area contributed by atoms with Crippen LogP contribution in [0, 0.1) is 0 Å². The minimum absolute atomic E-state index is 0. The summed E-state index contributed by atoms with van der Waals surface area (Å²) in [4.78, 5) is 2.49. The first-order valence-electron chi connectivity index (χ1n) is 6.16. The number of hydrogen-bond donors (Lipinski definition) is 1. The Bertz CT molecular complexity index is 414. The molecular formula is C13H19ClN2O2. The molecule has 5 heteroatoms. The van der Waals surface area contributed by atoms with E-state index in [1.807, 2.05) is 6.07 Å². The highest BCUT2D eigenvalue weighted by Gasteiger charge is 2.19. The van der Waals surface area contributed by atoms with Gasteiger partial charge in [-0.05, 0) is 24.6 Å². The lowest BCUT2D eigenvalue weighted by atomic mass is 10.1. The molecule has 1 N–H and O–H groups in total. The third-order valence-electron chi connectivity index (χ3n) is 3.46. The Kier molecular flexibility index (Phi) is 4.32. The van der Waals surface area contributed by atoms with Gasteiger partial charge in [-0.1, -0.05) is 6.07 Å². The number of rotatable bonds is 2. The summed E-state index contributed by atoms with van der Waals surface area (Å²) in [5, 5.41) is 3.41. The molecule has 100 valence electrons. The van der Waals surface area contributed by atoms with Crippen molar-refractivity contribution >= 4 is 12.4 Å². The number of ether oxygens (including phenoxy) is 2. The third-order valence-corrected chi connectivity index (χ3v) is 3.46. The molecule has 4 nitrogen and oxygen atoms in total. The molecule has 1 saturated heterocycles. The van der Waals surface area contributed by atoms with E-state index in [-0.39, 0.29) is 12.4 Å². The first kappa shape index (κ1) is 13.5. The maximum atomic E-state index is 5.40. The number of hydrogen-bond acceptors (Lipinski definition) is 4. The van der Waals surface area contributed by atoms with Crippen molar-refractivity contribution < 1.29 is 9.47 Å². The maximum Gasteiger partial charge on any atom is 0.231 e. The monoisotopic (exact) mass is 270 g/mol. The Labute approximate surface area is 114 Å². The van der Waals surface area contributed by atoms with Crippen molar-refractivity contribution in [2.75, 3.05) is 26.4 Å². The van der Waals surface area contributed by atoms with E-state index < -0.39 is 0 Å². The van der Waals surface area contributed by atoms with E-state index in [2.05, 4.69) is 29.3 Å².